The normalized spacial score (nSPS) is 21.6. The topological polar surface area (TPSA) is 91.4 Å². The summed E-state index contributed by atoms with van der Waals surface area (Å²) in [4.78, 5) is 33.6. The third-order valence-electron chi connectivity index (χ3n) is 6.19. The number of likely N-dealkylation sites (tertiary alicyclic amines) is 2. The van der Waals surface area contributed by atoms with Crippen LogP contribution >= 0.6 is 0 Å². The molecular formula is C21H27N5O3. The van der Waals surface area contributed by atoms with Crippen molar-refractivity contribution in [2.45, 2.75) is 31.8 Å². The van der Waals surface area contributed by atoms with Crippen LogP contribution in [0.15, 0.2) is 30.3 Å². The molecule has 1 atom stereocenters. The van der Waals surface area contributed by atoms with E-state index >= 15 is 0 Å². The van der Waals surface area contributed by atoms with Crippen molar-refractivity contribution in [1.82, 2.24) is 25.0 Å². The SMILES string of the molecule is COC1CN(C)C(=O)C2(CCN(C(=O)Cc3nc(-c4ccccc4)n[nH]3)CC2)C1. The van der Waals surface area contributed by atoms with Crippen LogP contribution in [0.2, 0.25) is 0 Å². The number of amides is 2. The Kier molecular flexibility index (Phi) is 5.36. The van der Waals surface area contributed by atoms with E-state index in [0.717, 1.165) is 12.0 Å². The number of H-pyrrole nitrogens is 1. The van der Waals surface area contributed by atoms with Crippen LogP contribution < -0.4 is 0 Å². The maximum absolute atomic E-state index is 12.8. The fraction of sp³-hybridized carbons (Fsp3) is 0.524. The number of nitrogens with zero attached hydrogens (tertiary/aromatic N) is 4. The molecule has 8 nitrogen and oxygen atoms in total. The smallest absolute Gasteiger partial charge is 0.230 e. The van der Waals surface area contributed by atoms with Crippen molar-refractivity contribution in [2.75, 3.05) is 33.8 Å². The zero-order valence-electron chi connectivity index (χ0n) is 16.9. The van der Waals surface area contributed by atoms with E-state index in [1.807, 2.05) is 42.3 Å². The Morgan fingerprint density at radius 1 is 1.28 bits per heavy atom. The van der Waals surface area contributed by atoms with Gasteiger partial charge >= 0.3 is 0 Å². The number of likely N-dealkylation sites (N-methyl/N-ethyl adjacent to an activating group) is 1. The molecule has 3 heterocycles. The number of aromatic nitrogens is 3. The Bertz CT molecular complexity index is 873. The van der Waals surface area contributed by atoms with Crippen LogP contribution in [-0.2, 0) is 20.7 Å². The van der Waals surface area contributed by atoms with Gasteiger partial charge in [-0.2, -0.15) is 5.10 Å². The van der Waals surface area contributed by atoms with E-state index in [1.54, 1.807) is 12.0 Å². The minimum Gasteiger partial charge on any atom is -0.380 e. The molecule has 1 unspecified atom stereocenters. The van der Waals surface area contributed by atoms with Gasteiger partial charge in [-0.3, -0.25) is 14.7 Å². The molecule has 2 saturated heterocycles. The number of rotatable bonds is 4. The highest BCUT2D eigenvalue weighted by molar-refractivity contribution is 5.84. The average molecular weight is 397 g/mol. The van der Waals surface area contributed by atoms with E-state index in [0.29, 0.717) is 44.1 Å². The summed E-state index contributed by atoms with van der Waals surface area (Å²) in [6.07, 6.45) is 2.32. The summed E-state index contributed by atoms with van der Waals surface area (Å²) >= 11 is 0. The quantitative estimate of drug-likeness (QED) is 0.844. The minimum atomic E-state index is -0.406. The summed E-state index contributed by atoms with van der Waals surface area (Å²) in [5.41, 5.74) is 0.506. The van der Waals surface area contributed by atoms with Gasteiger partial charge in [-0.05, 0) is 19.3 Å². The monoisotopic (exact) mass is 397 g/mol. The van der Waals surface area contributed by atoms with Gasteiger partial charge in [0, 0.05) is 39.4 Å². The van der Waals surface area contributed by atoms with Crippen molar-refractivity contribution < 1.29 is 14.3 Å². The van der Waals surface area contributed by atoms with Crippen LogP contribution in [0.3, 0.4) is 0 Å². The summed E-state index contributed by atoms with van der Waals surface area (Å²) < 4.78 is 5.54. The van der Waals surface area contributed by atoms with Crippen molar-refractivity contribution >= 4 is 11.8 Å². The average Bonchev–Trinajstić information content (AvgIpc) is 3.21. The van der Waals surface area contributed by atoms with E-state index in [9.17, 15) is 9.59 Å². The van der Waals surface area contributed by atoms with Gasteiger partial charge in [-0.15, -0.1) is 0 Å². The molecule has 1 spiro atoms. The van der Waals surface area contributed by atoms with Gasteiger partial charge in [-0.25, -0.2) is 4.98 Å². The summed E-state index contributed by atoms with van der Waals surface area (Å²) in [7, 11) is 3.53. The Morgan fingerprint density at radius 3 is 2.69 bits per heavy atom. The maximum atomic E-state index is 12.8. The number of hydrogen-bond donors (Lipinski definition) is 1. The molecule has 1 N–H and O–H groups in total. The Morgan fingerprint density at radius 2 is 2.00 bits per heavy atom. The molecule has 8 heteroatoms. The zero-order chi connectivity index (χ0) is 20.4. The molecule has 0 saturated carbocycles. The number of ether oxygens (including phenoxy) is 1. The van der Waals surface area contributed by atoms with Crippen molar-refractivity contribution in [3.63, 3.8) is 0 Å². The molecule has 0 bridgehead atoms. The van der Waals surface area contributed by atoms with Gasteiger partial charge in [0.25, 0.3) is 0 Å². The number of piperidine rings is 2. The van der Waals surface area contributed by atoms with E-state index in [4.69, 9.17) is 4.74 Å². The molecule has 0 radical (unpaired) electrons. The molecule has 1 aromatic heterocycles. The summed E-state index contributed by atoms with van der Waals surface area (Å²) in [6.45, 7) is 1.79. The van der Waals surface area contributed by atoms with Crippen molar-refractivity contribution in [2.24, 2.45) is 5.41 Å². The third kappa shape index (κ3) is 3.89. The van der Waals surface area contributed by atoms with Gasteiger partial charge in [0.2, 0.25) is 11.8 Å². The molecule has 2 amide bonds. The fourth-order valence-electron chi connectivity index (χ4n) is 4.49. The molecule has 29 heavy (non-hydrogen) atoms. The van der Waals surface area contributed by atoms with Crippen LogP contribution in [0.5, 0.6) is 0 Å². The van der Waals surface area contributed by atoms with E-state index in [1.165, 1.54) is 0 Å². The highest BCUT2D eigenvalue weighted by atomic mass is 16.5. The zero-order valence-corrected chi connectivity index (χ0v) is 16.9. The highest BCUT2D eigenvalue weighted by Crippen LogP contribution is 2.41. The molecule has 2 aliphatic heterocycles. The van der Waals surface area contributed by atoms with Crippen molar-refractivity contribution in [1.29, 1.82) is 0 Å². The minimum absolute atomic E-state index is 0.00974. The standard InChI is InChI=1S/C21H27N5O3/c1-25-14-16(29-2)13-21(20(25)28)8-10-26(11-9-21)18(27)12-17-22-19(24-23-17)15-6-4-3-5-7-15/h3-7,16H,8-14H2,1-2H3,(H,22,23,24). The maximum Gasteiger partial charge on any atom is 0.230 e. The largest absolute Gasteiger partial charge is 0.380 e. The van der Waals surface area contributed by atoms with E-state index < -0.39 is 5.41 Å². The lowest BCUT2D eigenvalue weighted by atomic mass is 9.71. The molecule has 4 rings (SSSR count). The first-order valence-electron chi connectivity index (χ1n) is 10.0. The van der Waals surface area contributed by atoms with Gasteiger partial charge in [0.05, 0.1) is 17.9 Å². The number of hydrogen-bond acceptors (Lipinski definition) is 5. The van der Waals surface area contributed by atoms with Crippen molar-refractivity contribution in [3.8, 4) is 11.4 Å². The fourth-order valence-corrected chi connectivity index (χ4v) is 4.49. The van der Waals surface area contributed by atoms with Gasteiger partial charge in [0.1, 0.15) is 5.82 Å². The first-order chi connectivity index (χ1) is 14.0. The molecule has 2 aromatic rings. The molecule has 0 aliphatic carbocycles. The first-order valence-corrected chi connectivity index (χ1v) is 10.0. The summed E-state index contributed by atoms with van der Waals surface area (Å²) in [5.74, 6) is 1.34. The molecule has 154 valence electrons. The van der Waals surface area contributed by atoms with Gasteiger partial charge < -0.3 is 14.5 Å². The Balaban J connectivity index is 1.37. The van der Waals surface area contributed by atoms with Gasteiger partial charge in [-0.1, -0.05) is 30.3 Å². The van der Waals surface area contributed by atoms with E-state index in [-0.39, 0.29) is 24.3 Å². The predicted molar refractivity (Wildman–Crippen MR) is 107 cm³/mol. The van der Waals surface area contributed by atoms with Crippen molar-refractivity contribution in [3.05, 3.63) is 36.2 Å². The predicted octanol–water partition coefficient (Wildman–Crippen LogP) is 1.50. The second-order valence-corrected chi connectivity index (χ2v) is 8.06. The lowest BCUT2D eigenvalue weighted by molar-refractivity contribution is -0.158. The van der Waals surface area contributed by atoms with E-state index in [2.05, 4.69) is 15.2 Å². The highest BCUT2D eigenvalue weighted by Gasteiger charge is 2.48. The molecule has 2 aliphatic rings. The van der Waals surface area contributed by atoms with Crippen LogP contribution in [0.4, 0.5) is 0 Å². The number of carbonyl (C=O) groups excluding carboxylic acids is 2. The molecular weight excluding hydrogens is 370 g/mol. The Hall–Kier alpha value is -2.74. The number of methoxy groups -OCH3 is 1. The lowest BCUT2D eigenvalue weighted by Crippen LogP contribution is -2.57. The lowest BCUT2D eigenvalue weighted by Gasteiger charge is -2.47. The number of benzene rings is 1. The first kappa shape index (κ1) is 19.6. The number of nitrogens with one attached hydrogen (secondary N) is 1. The summed E-state index contributed by atoms with van der Waals surface area (Å²) in [5, 5.41) is 7.09. The Labute approximate surface area is 170 Å². The second kappa shape index (κ2) is 7.94. The number of aromatic amines is 1. The third-order valence-corrected chi connectivity index (χ3v) is 6.19. The number of carbonyl (C=O) groups is 2. The van der Waals surface area contributed by atoms with Crippen LogP contribution in [0.25, 0.3) is 11.4 Å². The van der Waals surface area contributed by atoms with Crippen LogP contribution in [0, 0.1) is 5.41 Å². The summed E-state index contributed by atoms with van der Waals surface area (Å²) in [6, 6.07) is 9.67. The van der Waals surface area contributed by atoms with Crippen LogP contribution in [-0.4, -0.2) is 76.7 Å². The second-order valence-electron chi connectivity index (χ2n) is 8.06. The van der Waals surface area contributed by atoms with Gasteiger partial charge in [0.15, 0.2) is 5.82 Å². The molecule has 2 fully saturated rings. The van der Waals surface area contributed by atoms with Crippen LogP contribution in [0.1, 0.15) is 25.1 Å². The molecule has 1 aromatic carbocycles.